The van der Waals surface area contributed by atoms with Crippen molar-refractivity contribution < 1.29 is 9.53 Å². The van der Waals surface area contributed by atoms with Gasteiger partial charge in [-0.05, 0) is 43.2 Å². The van der Waals surface area contributed by atoms with Gasteiger partial charge in [0.05, 0.1) is 17.6 Å². The van der Waals surface area contributed by atoms with Crippen LogP contribution >= 0.6 is 0 Å². The maximum Gasteiger partial charge on any atom is 0.251 e. The molecule has 5 nitrogen and oxygen atoms in total. The van der Waals surface area contributed by atoms with Crippen molar-refractivity contribution in [1.82, 2.24) is 15.3 Å². The molecule has 0 aliphatic carbocycles. The minimum absolute atomic E-state index is 0.0667. The largest absolute Gasteiger partial charge is 0.493 e. The van der Waals surface area contributed by atoms with Crippen molar-refractivity contribution in [1.29, 1.82) is 0 Å². The fourth-order valence-corrected chi connectivity index (χ4v) is 3.14. The third-order valence-electron chi connectivity index (χ3n) is 4.37. The third kappa shape index (κ3) is 2.85. The van der Waals surface area contributed by atoms with E-state index in [0.29, 0.717) is 24.6 Å². The summed E-state index contributed by atoms with van der Waals surface area (Å²) >= 11 is 0. The number of benzene rings is 2. The molecule has 0 fully saturated rings. The van der Waals surface area contributed by atoms with Gasteiger partial charge < -0.3 is 15.0 Å². The summed E-state index contributed by atoms with van der Waals surface area (Å²) in [5, 5.41) is 3.02. The molecule has 1 atom stereocenters. The number of hydrogen-bond acceptors (Lipinski definition) is 3. The van der Waals surface area contributed by atoms with Gasteiger partial charge in [0.25, 0.3) is 5.91 Å². The van der Waals surface area contributed by atoms with E-state index in [2.05, 4.69) is 21.4 Å². The van der Waals surface area contributed by atoms with E-state index in [1.807, 2.05) is 43.3 Å². The van der Waals surface area contributed by atoms with Crippen molar-refractivity contribution in [3.63, 3.8) is 0 Å². The first-order chi connectivity index (χ1) is 11.7. The van der Waals surface area contributed by atoms with Gasteiger partial charge in [-0.15, -0.1) is 0 Å². The number of carbonyl (C=O) groups is 1. The monoisotopic (exact) mass is 321 g/mol. The first-order valence-electron chi connectivity index (χ1n) is 8.14. The highest BCUT2D eigenvalue weighted by Crippen LogP contribution is 2.26. The molecule has 0 bridgehead atoms. The number of para-hydroxylation sites is 1. The highest BCUT2D eigenvalue weighted by molar-refractivity contribution is 5.97. The zero-order valence-electron chi connectivity index (χ0n) is 13.5. The van der Waals surface area contributed by atoms with Crippen LogP contribution in [0.3, 0.4) is 0 Å². The van der Waals surface area contributed by atoms with Gasteiger partial charge in [0.2, 0.25) is 0 Å². The molecule has 1 aliphatic rings. The average Bonchev–Trinajstić information content (AvgIpc) is 2.98. The molecule has 2 N–H and O–H groups in total. The number of ether oxygens (including phenoxy) is 1. The van der Waals surface area contributed by atoms with Gasteiger partial charge >= 0.3 is 0 Å². The van der Waals surface area contributed by atoms with Crippen LogP contribution in [0.25, 0.3) is 11.0 Å². The SMILES string of the molecule is Cc1nc2ccc(C(=O)NCC3COc4ccccc4C3)cc2[nH]1. The molecule has 1 aliphatic heterocycles. The van der Waals surface area contributed by atoms with Crippen molar-refractivity contribution >= 4 is 16.9 Å². The molecule has 3 aromatic rings. The van der Waals surface area contributed by atoms with E-state index in [1.165, 1.54) is 5.56 Å². The number of nitrogens with zero attached hydrogens (tertiary/aromatic N) is 1. The molecule has 2 aromatic carbocycles. The minimum Gasteiger partial charge on any atom is -0.493 e. The van der Waals surface area contributed by atoms with Crippen molar-refractivity contribution in [2.75, 3.05) is 13.2 Å². The second-order valence-corrected chi connectivity index (χ2v) is 6.25. The molecule has 2 heterocycles. The quantitative estimate of drug-likeness (QED) is 0.779. The van der Waals surface area contributed by atoms with Crippen molar-refractivity contribution in [3.8, 4) is 5.75 Å². The normalized spacial score (nSPS) is 16.5. The van der Waals surface area contributed by atoms with Crippen molar-refractivity contribution in [2.24, 2.45) is 5.92 Å². The first kappa shape index (κ1) is 14.8. The zero-order valence-corrected chi connectivity index (χ0v) is 13.5. The fraction of sp³-hybridized carbons (Fsp3) is 0.263. The Bertz CT molecular complexity index is 901. The molecule has 0 radical (unpaired) electrons. The Morgan fingerprint density at radius 1 is 1.33 bits per heavy atom. The Kier molecular flexibility index (Phi) is 3.69. The van der Waals surface area contributed by atoms with Crippen molar-refractivity contribution in [2.45, 2.75) is 13.3 Å². The molecule has 24 heavy (non-hydrogen) atoms. The van der Waals surface area contributed by atoms with Crippen LogP contribution in [0.4, 0.5) is 0 Å². The number of nitrogens with one attached hydrogen (secondary N) is 2. The van der Waals surface area contributed by atoms with Crippen LogP contribution in [0.15, 0.2) is 42.5 Å². The number of amides is 1. The number of aromatic nitrogens is 2. The summed E-state index contributed by atoms with van der Waals surface area (Å²) in [7, 11) is 0. The summed E-state index contributed by atoms with van der Waals surface area (Å²) in [6.07, 6.45) is 0.926. The predicted molar refractivity (Wildman–Crippen MR) is 92.3 cm³/mol. The lowest BCUT2D eigenvalue weighted by atomic mass is 9.96. The summed E-state index contributed by atoms with van der Waals surface area (Å²) in [6, 6.07) is 13.6. The van der Waals surface area contributed by atoms with Gasteiger partial charge in [0, 0.05) is 18.0 Å². The number of carbonyl (C=O) groups excluding carboxylic acids is 1. The number of aryl methyl sites for hydroxylation is 1. The number of imidazole rings is 1. The van der Waals surface area contributed by atoms with Crippen LogP contribution in [0.2, 0.25) is 0 Å². The van der Waals surface area contributed by atoms with E-state index < -0.39 is 0 Å². The topological polar surface area (TPSA) is 67.0 Å². The maximum atomic E-state index is 12.4. The van der Waals surface area contributed by atoms with Gasteiger partial charge in [0.1, 0.15) is 11.6 Å². The lowest BCUT2D eigenvalue weighted by Crippen LogP contribution is -2.34. The van der Waals surface area contributed by atoms with Gasteiger partial charge in [-0.3, -0.25) is 4.79 Å². The third-order valence-corrected chi connectivity index (χ3v) is 4.37. The van der Waals surface area contributed by atoms with Crippen LogP contribution < -0.4 is 10.1 Å². The predicted octanol–water partition coefficient (Wildman–Crippen LogP) is 2.85. The smallest absolute Gasteiger partial charge is 0.251 e. The van der Waals surface area contributed by atoms with E-state index in [1.54, 1.807) is 0 Å². The van der Waals surface area contributed by atoms with Crippen LogP contribution in [0.1, 0.15) is 21.7 Å². The van der Waals surface area contributed by atoms with Crippen LogP contribution in [-0.4, -0.2) is 29.0 Å². The molecular formula is C19H19N3O2. The second-order valence-electron chi connectivity index (χ2n) is 6.25. The number of hydrogen-bond donors (Lipinski definition) is 2. The van der Waals surface area contributed by atoms with Crippen molar-refractivity contribution in [3.05, 3.63) is 59.4 Å². The van der Waals surface area contributed by atoms with E-state index in [4.69, 9.17) is 4.74 Å². The number of H-pyrrole nitrogens is 1. The Balaban J connectivity index is 1.41. The lowest BCUT2D eigenvalue weighted by Gasteiger charge is -2.25. The average molecular weight is 321 g/mol. The molecular weight excluding hydrogens is 302 g/mol. The molecule has 122 valence electrons. The van der Waals surface area contributed by atoms with Gasteiger partial charge in [-0.1, -0.05) is 18.2 Å². The Labute approximate surface area is 140 Å². The molecule has 5 heteroatoms. The van der Waals surface area contributed by atoms with E-state index in [0.717, 1.165) is 29.0 Å². The number of aromatic amines is 1. The standard InChI is InChI=1S/C19H19N3O2/c1-12-21-16-7-6-15(9-17(16)22-12)19(23)20-10-13-8-14-4-2-3-5-18(14)24-11-13/h2-7,9,13H,8,10-11H2,1H3,(H,20,23)(H,21,22). The van der Waals surface area contributed by atoms with Gasteiger partial charge in [0.15, 0.2) is 0 Å². The summed E-state index contributed by atoms with van der Waals surface area (Å²) in [5.74, 6) is 2.03. The molecule has 1 unspecified atom stereocenters. The number of fused-ring (bicyclic) bond motifs is 2. The Morgan fingerprint density at radius 2 is 2.21 bits per heavy atom. The molecule has 0 saturated carbocycles. The second kappa shape index (κ2) is 6.00. The van der Waals surface area contributed by atoms with Crippen LogP contribution in [0.5, 0.6) is 5.75 Å². The molecule has 1 aromatic heterocycles. The summed E-state index contributed by atoms with van der Waals surface area (Å²) in [6.45, 7) is 3.14. The highest BCUT2D eigenvalue weighted by atomic mass is 16.5. The maximum absolute atomic E-state index is 12.4. The first-order valence-corrected chi connectivity index (χ1v) is 8.14. The summed E-state index contributed by atoms with van der Waals surface area (Å²) in [5.41, 5.74) is 3.61. The van der Waals surface area contributed by atoms with Crippen LogP contribution in [-0.2, 0) is 6.42 Å². The Hall–Kier alpha value is -2.82. The van der Waals surface area contributed by atoms with E-state index in [9.17, 15) is 4.79 Å². The Morgan fingerprint density at radius 3 is 3.12 bits per heavy atom. The molecule has 0 saturated heterocycles. The summed E-state index contributed by atoms with van der Waals surface area (Å²) < 4.78 is 5.77. The minimum atomic E-state index is -0.0667. The van der Waals surface area contributed by atoms with Gasteiger partial charge in [-0.25, -0.2) is 4.98 Å². The molecule has 1 amide bonds. The van der Waals surface area contributed by atoms with E-state index >= 15 is 0 Å². The summed E-state index contributed by atoms with van der Waals surface area (Å²) in [4.78, 5) is 19.9. The lowest BCUT2D eigenvalue weighted by molar-refractivity contribution is 0.0939. The molecule has 4 rings (SSSR count). The number of rotatable bonds is 3. The fourth-order valence-electron chi connectivity index (χ4n) is 3.14. The van der Waals surface area contributed by atoms with Crippen LogP contribution in [0, 0.1) is 12.8 Å². The molecule has 0 spiro atoms. The zero-order chi connectivity index (χ0) is 16.5. The van der Waals surface area contributed by atoms with Gasteiger partial charge in [-0.2, -0.15) is 0 Å². The highest BCUT2D eigenvalue weighted by Gasteiger charge is 2.20. The van der Waals surface area contributed by atoms with E-state index in [-0.39, 0.29) is 5.91 Å².